The highest BCUT2D eigenvalue weighted by molar-refractivity contribution is 5.80. The number of rotatable bonds is 5. The van der Waals surface area contributed by atoms with Crippen LogP contribution >= 0.6 is 0 Å². The number of hydrogen-bond acceptors (Lipinski definition) is 3. The summed E-state index contributed by atoms with van der Waals surface area (Å²) >= 11 is 0. The summed E-state index contributed by atoms with van der Waals surface area (Å²) in [6.45, 7) is 4.29. The lowest BCUT2D eigenvalue weighted by molar-refractivity contribution is -0.147. The van der Waals surface area contributed by atoms with Gasteiger partial charge in [0.2, 0.25) is 0 Å². The third kappa shape index (κ3) is 4.58. The van der Waals surface area contributed by atoms with Crippen LogP contribution in [0, 0.1) is 0 Å². The van der Waals surface area contributed by atoms with Gasteiger partial charge in [-0.15, -0.1) is 0 Å². The largest absolute Gasteiger partial charge is 0.365 e. The van der Waals surface area contributed by atoms with Crippen LogP contribution in [0.4, 0.5) is 0 Å². The molecule has 0 aliphatic heterocycles. The average molecular weight is 256 g/mol. The molecule has 0 aromatic carbocycles. The minimum absolute atomic E-state index is 0.0391. The molecule has 2 unspecified atom stereocenters. The molecule has 2 atom stereocenters. The van der Waals surface area contributed by atoms with Crippen molar-refractivity contribution in [2.75, 3.05) is 13.6 Å². The molecule has 0 bridgehead atoms. The zero-order valence-electron chi connectivity index (χ0n) is 12.0. The summed E-state index contributed by atoms with van der Waals surface area (Å²) in [4.78, 5) is 13.8. The Kier molecular flexibility index (Phi) is 6.65. The molecule has 1 aliphatic carbocycles. The molecular formula is C14H28N2O2. The number of amides is 1. The fraction of sp³-hybridized carbons (Fsp3) is 0.929. The Morgan fingerprint density at radius 2 is 1.83 bits per heavy atom. The third-order valence-corrected chi connectivity index (χ3v) is 3.90. The van der Waals surface area contributed by atoms with Crippen LogP contribution in [0.25, 0.3) is 0 Å². The Morgan fingerprint density at radius 1 is 1.28 bits per heavy atom. The van der Waals surface area contributed by atoms with Crippen molar-refractivity contribution in [2.24, 2.45) is 5.73 Å². The second kappa shape index (κ2) is 7.74. The van der Waals surface area contributed by atoms with Gasteiger partial charge in [0.15, 0.2) is 0 Å². The molecule has 18 heavy (non-hydrogen) atoms. The number of nitrogens with zero attached hydrogens (tertiary/aromatic N) is 1. The molecule has 1 aliphatic rings. The number of carbonyl (C=O) groups excluding carboxylic acids is 1. The van der Waals surface area contributed by atoms with Gasteiger partial charge >= 0.3 is 0 Å². The molecule has 0 spiro atoms. The maximum Gasteiger partial charge on any atom is 0.251 e. The van der Waals surface area contributed by atoms with Crippen LogP contribution in [-0.2, 0) is 9.53 Å². The molecule has 1 amide bonds. The Morgan fingerprint density at radius 3 is 2.33 bits per heavy atom. The summed E-state index contributed by atoms with van der Waals surface area (Å²) in [5.41, 5.74) is 5.58. The first-order valence-corrected chi connectivity index (χ1v) is 7.18. The van der Waals surface area contributed by atoms with E-state index in [0.717, 1.165) is 12.8 Å². The Balaban J connectivity index is 2.42. The second-order valence-corrected chi connectivity index (χ2v) is 5.43. The highest BCUT2D eigenvalue weighted by atomic mass is 16.5. The predicted octanol–water partition coefficient (Wildman–Crippen LogP) is 1.92. The number of carbonyl (C=O) groups is 1. The van der Waals surface area contributed by atoms with Crippen LogP contribution < -0.4 is 5.73 Å². The molecule has 0 saturated heterocycles. The molecule has 0 heterocycles. The van der Waals surface area contributed by atoms with Crippen LogP contribution in [0.1, 0.15) is 52.4 Å². The average Bonchev–Trinajstić information content (AvgIpc) is 2.64. The summed E-state index contributed by atoms with van der Waals surface area (Å²) in [7, 11) is 1.80. The normalized spacial score (nSPS) is 21.1. The molecule has 1 saturated carbocycles. The number of nitrogens with two attached hydrogens (primary N) is 1. The standard InChI is InChI=1S/C14H28N2O2/c1-11(10-15)16(3)14(17)12(2)18-13-8-6-4-5-7-9-13/h11-13H,4-10,15H2,1-3H3. The van der Waals surface area contributed by atoms with Gasteiger partial charge in [-0.05, 0) is 26.7 Å². The fourth-order valence-corrected chi connectivity index (χ4v) is 2.39. The van der Waals surface area contributed by atoms with E-state index < -0.39 is 0 Å². The Labute approximate surface area is 111 Å². The number of likely N-dealkylation sites (N-methyl/N-ethyl adjacent to an activating group) is 1. The van der Waals surface area contributed by atoms with Crippen molar-refractivity contribution in [3.05, 3.63) is 0 Å². The summed E-state index contributed by atoms with van der Waals surface area (Å²) in [5, 5.41) is 0. The predicted molar refractivity (Wildman–Crippen MR) is 73.3 cm³/mol. The Hall–Kier alpha value is -0.610. The van der Waals surface area contributed by atoms with E-state index in [1.807, 2.05) is 13.8 Å². The van der Waals surface area contributed by atoms with Crippen LogP contribution in [0.2, 0.25) is 0 Å². The molecule has 0 aromatic heterocycles. The van der Waals surface area contributed by atoms with E-state index in [2.05, 4.69) is 0 Å². The van der Waals surface area contributed by atoms with Gasteiger partial charge in [-0.2, -0.15) is 0 Å². The SMILES string of the molecule is CC(OC1CCCCCC1)C(=O)N(C)C(C)CN. The molecule has 106 valence electrons. The van der Waals surface area contributed by atoms with Crippen molar-refractivity contribution in [2.45, 2.75) is 70.6 Å². The lowest BCUT2D eigenvalue weighted by atomic mass is 10.1. The first kappa shape index (κ1) is 15.4. The fourth-order valence-electron chi connectivity index (χ4n) is 2.39. The van der Waals surface area contributed by atoms with Crippen molar-refractivity contribution >= 4 is 5.91 Å². The van der Waals surface area contributed by atoms with Crippen LogP contribution in [0.3, 0.4) is 0 Å². The van der Waals surface area contributed by atoms with E-state index in [0.29, 0.717) is 6.54 Å². The molecule has 4 heteroatoms. The van der Waals surface area contributed by atoms with E-state index in [4.69, 9.17) is 10.5 Å². The van der Waals surface area contributed by atoms with Gasteiger partial charge in [-0.1, -0.05) is 25.7 Å². The van der Waals surface area contributed by atoms with E-state index >= 15 is 0 Å². The van der Waals surface area contributed by atoms with Gasteiger partial charge in [0, 0.05) is 19.6 Å². The molecule has 0 aromatic rings. The van der Waals surface area contributed by atoms with Gasteiger partial charge in [-0.3, -0.25) is 4.79 Å². The topological polar surface area (TPSA) is 55.6 Å². The van der Waals surface area contributed by atoms with Crippen molar-refractivity contribution in [1.82, 2.24) is 4.90 Å². The molecular weight excluding hydrogens is 228 g/mol. The van der Waals surface area contributed by atoms with Gasteiger partial charge in [0.1, 0.15) is 6.10 Å². The zero-order valence-corrected chi connectivity index (χ0v) is 12.0. The number of ether oxygens (including phenoxy) is 1. The molecule has 1 rings (SSSR count). The lowest BCUT2D eigenvalue weighted by Gasteiger charge is -2.28. The van der Waals surface area contributed by atoms with Gasteiger partial charge in [-0.25, -0.2) is 0 Å². The van der Waals surface area contributed by atoms with E-state index in [9.17, 15) is 4.79 Å². The van der Waals surface area contributed by atoms with Crippen LogP contribution in [0.5, 0.6) is 0 Å². The van der Waals surface area contributed by atoms with E-state index in [-0.39, 0.29) is 24.2 Å². The monoisotopic (exact) mass is 256 g/mol. The zero-order chi connectivity index (χ0) is 13.5. The Bertz CT molecular complexity index is 250. The lowest BCUT2D eigenvalue weighted by Crippen LogP contribution is -2.45. The summed E-state index contributed by atoms with van der Waals surface area (Å²) < 4.78 is 5.92. The van der Waals surface area contributed by atoms with Crippen LogP contribution in [0.15, 0.2) is 0 Å². The summed E-state index contributed by atoms with van der Waals surface area (Å²) in [5.74, 6) is 0.0391. The molecule has 0 radical (unpaired) electrons. The maximum atomic E-state index is 12.1. The third-order valence-electron chi connectivity index (χ3n) is 3.90. The maximum absolute atomic E-state index is 12.1. The van der Waals surface area contributed by atoms with E-state index in [1.165, 1.54) is 25.7 Å². The quantitative estimate of drug-likeness (QED) is 0.765. The molecule has 2 N–H and O–H groups in total. The number of hydrogen-bond donors (Lipinski definition) is 1. The first-order valence-electron chi connectivity index (χ1n) is 7.18. The van der Waals surface area contributed by atoms with Gasteiger partial charge in [0.25, 0.3) is 5.91 Å². The highest BCUT2D eigenvalue weighted by Crippen LogP contribution is 2.21. The molecule has 4 nitrogen and oxygen atoms in total. The minimum atomic E-state index is -0.355. The second-order valence-electron chi connectivity index (χ2n) is 5.43. The van der Waals surface area contributed by atoms with Gasteiger partial charge < -0.3 is 15.4 Å². The van der Waals surface area contributed by atoms with Crippen molar-refractivity contribution in [3.63, 3.8) is 0 Å². The van der Waals surface area contributed by atoms with Crippen molar-refractivity contribution in [3.8, 4) is 0 Å². The summed E-state index contributed by atoms with van der Waals surface area (Å²) in [6.07, 6.45) is 7.13. The van der Waals surface area contributed by atoms with Crippen molar-refractivity contribution in [1.29, 1.82) is 0 Å². The van der Waals surface area contributed by atoms with Crippen molar-refractivity contribution < 1.29 is 9.53 Å². The smallest absolute Gasteiger partial charge is 0.251 e. The first-order chi connectivity index (χ1) is 8.56. The minimum Gasteiger partial charge on any atom is -0.365 e. The summed E-state index contributed by atoms with van der Waals surface area (Å²) in [6, 6.07) is 0.0673. The van der Waals surface area contributed by atoms with Gasteiger partial charge in [0.05, 0.1) is 6.10 Å². The van der Waals surface area contributed by atoms with Crippen LogP contribution in [-0.4, -0.2) is 42.6 Å². The molecule has 1 fully saturated rings. The highest BCUT2D eigenvalue weighted by Gasteiger charge is 2.24. The van der Waals surface area contributed by atoms with E-state index in [1.54, 1.807) is 11.9 Å².